The Hall–Kier alpha value is -1.66. The Kier molecular flexibility index (Phi) is 4.25. The van der Waals surface area contributed by atoms with Crippen LogP contribution in [-0.2, 0) is 0 Å². The van der Waals surface area contributed by atoms with Gasteiger partial charge in [-0.1, -0.05) is 17.7 Å². The van der Waals surface area contributed by atoms with E-state index in [4.69, 9.17) is 17.3 Å². The normalized spacial score (nSPS) is 10.4. The molecule has 0 unspecified atom stereocenters. The van der Waals surface area contributed by atoms with Gasteiger partial charge in [0.2, 0.25) is 0 Å². The molecule has 0 atom stereocenters. The molecule has 104 valence electrons. The number of carbonyl (C=O) groups is 1. The van der Waals surface area contributed by atoms with Crippen molar-refractivity contribution in [1.82, 2.24) is 0 Å². The number of nitrogens with one attached hydrogen (secondary N) is 1. The average Bonchev–Trinajstić information content (AvgIpc) is 2.36. The Morgan fingerprint density at radius 1 is 1.30 bits per heavy atom. The molecule has 7 heteroatoms. The fraction of sp³-hybridized carbons (Fsp3) is 0. The van der Waals surface area contributed by atoms with Crippen molar-refractivity contribution in [2.45, 2.75) is 0 Å². The lowest BCUT2D eigenvalue weighted by molar-refractivity contribution is 0.102. The molecular weight excluding hydrogens is 354 g/mol. The van der Waals surface area contributed by atoms with Gasteiger partial charge < -0.3 is 11.1 Å². The number of carbonyl (C=O) groups excluding carboxylic acids is 1. The van der Waals surface area contributed by atoms with Crippen LogP contribution in [0.1, 0.15) is 10.4 Å². The van der Waals surface area contributed by atoms with Crippen molar-refractivity contribution in [1.29, 1.82) is 0 Å². The predicted octanol–water partition coefficient (Wildman–Crippen LogP) is 4.22. The van der Waals surface area contributed by atoms with Gasteiger partial charge in [-0.05, 0) is 34.1 Å². The number of halogens is 4. The topological polar surface area (TPSA) is 55.1 Å². The summed E-state index contributed by atoms with van der Waals surface area (Å²) >= 11 is 9.14. The lowest BCUT2D eigenvalue weighted by Gasteiger charge is -2.11. The van der Waals surface area contributed by atoms with E-state index in [0.29, 0.717) is 10.5 Å². The maximum Gasteiger partial charge on any atom is 0.257 e. The molecule has 20 heavy (non-hydrogen) atoms. The third-order valence-corrected chi connectivity index (χ3v) is 3.82. The van der Waals surface area contributed by atoms with Crippen LogP contribution in [0, 0.1) is 11.6 Å². The molecule has 0 spiro atoms. The van der Waals surface area contributed by atoms with Gasteiger partial charge in [-0.2, -0.15) is 0 Å². The lowest BCUT2D eigenvalue weighted by Crippen LogP contribution is -2.15. The number of nitrogens with two attached hydrogens (primary N) is 1. The second-order valence-corrected chi connectivity index (χ2v) is 5.14. The van der Waals surface area contributed by atoms with Crippen LogP contribution >= 0.6 is 27.5 Å². The summed E-state index contributed by atoms with van der Waals surface area (Å²) in [6.45, 7) is 0. The minimum atomic E-state index is -0.957. The van der Waals surface area contributed by atoms with Gasteiger partial charge in [-0.15, -0.1) is 0 Å². The Balaban J connectivity index is 2.36. The molecule has 0 aromatic heterocycles. The molecule has 2 aromatic rings. The average molecular weight is 362 g/mol. The van der Waals surface area contributed by atoms with Gasteiger partial charge in [-0.3, -0.25) is 4.79 Å². The molecule has 2 aromatic carbocycles. The smallest absolute Gasteiger partial charge is 0.257 e. The van der Waals surface area contributed by atoms with Gasteiger partial charge >= 0.3 is 0 Å². The largest absolute Gasteiger partial charge is 0.397 e. The van der Waals surface area contributed by atoms with Crippen LogP contribution in [0.4, 0.5) is 20.2 Å². The van der Waals surface area contributed by atoms with E-state index in [1.807, 2.05) is 0 Å². The summed E-state index contributed by atoms with van der Waals surface area (Å²) in [5.74, 6) is -2.42. The van der Waals surface area contributed by atoms with Crippen LogP contribution in [0.15, 0.2) is 34.8 Å². The highest BCUT2D eigenvalue weighted by atomic mass is 79.9. The second-order valence-electron chi connectivity index (χ2n) is 3.91. The SMILES string of the molecule is Nc1cc(F)cc(F)c1NC(=O)c1cccc(Br)c1Cl. The quantitative estimate of drug-likeness (QED) is 0.787. The minimum absolute atomic E-state index is 0.143. The fourth-order valence-electron chi connectivity index (χ4n) is 1.59. The van der Waals surface area contributed by atoms with E-state index in [1.54, 1.807) is 12.1 Å². The standard InChI is InChI=1S/C13H8BrClF2N2O/c14-8-3-1-2-7(11(8)15)13(20)19-12-9(17)4-6(16)5-10(12)18/h1-5H,18H2,(H,19,20). The molecule has 0 saturated heterocycles. The summed E-state index contributed by atoms with van der Waals surface area (Å²) < 4.78 is 27.0. The first-order valence-corrected chi connectivity index (χ1v) is 6.57. The van der Waals surface area contributed by atoms with E-state index in [9.17, 15) is 13.6 Å². The van der Waals surface area contributed by atoms with Gasteiger partial charge in [-0.25, -0.2) is 8.78 Å². The molecule has 0 aliphatic rings. The Labute approximate surface area is 126 Å². The molecule has 1 amide bonds. The van der Waals surface area contributed by atoms with Crippen molar-refractivity contribution in [3.05, 3.63) is 57.0 Å². The molecule has 0 bridgehead atoms. The van der Waals surface area contributed by atoms with Gasteiger partial charge in [0.15, 0.2) is 5.82 Å². The third-order valence-electron chi connectivity index (χ3n) is 2.52. The molecule has 0 heterocycles. The van der Waals surface area contributed by atoms with E-state index in [0.717, 1.165) is 6.07 Å². The van der Waals surface area contributed by atoms with E-state index < -0.39 is 17.5 Å². The molecule has 3 nitrogen and oxygen atoms in total. The molecule has 0 aliphatic heterocycles. The van der Waals surface area contributed by atoms with Gasteiger partial charge in [0.05, 0.1) is 16.3 Å². The van der Waals surface area contributed by atoms with Crippen molar-refractivity contribution >= 4 is 44.8 Å². The molecule has 3 N–H and O–H groups in total. The van der Waals surface area contributed by atoms with Gasteiger partial charge in [0, 0.05) is 10.5 Å². The van der Waals surface area contributed by atoms with E-state index >= 15 is 0 Å². The summed E-state index contributed by atoms with van der Waals surface area (Å²) in [5.41, 5.74) is 5.13. The Morgan fingerprint density at radius 2 is 2.00 bits per heavy atom. The Morgan fingerprint density at radius 3 is 2.65 bits per heavy atom. The highest BCUT2D eigenvalue weighted by Crippen LogP contribution is 2.28. The van der Waals surface area contributed by atoms with E-state index in [-0.39, 0.29) is 22.0 Å². The van der Waals surface area contributed by atoms with Crippen LogP contribution in [0.2, 0.25) is 5.02 Å². The zero-order chi connectivity index (χ0) is 14.9. The maximum absolute atomic E-state index is 13.6. The maximum atomic E-state index is 13.6. The van der Waals surface area contributed by atoms with Crippen LogP contribution in [0.25, 0.3) is 0 Å². The number of anilines is 2. The first-order valence-electron chi connectivity index (χ1n) is 5.40. The highest BCUT2D eigenvalue weighted by Gasteiger charge is 2.16. The van der Waals surface area contributed by atoms with E-state index in [2.05, 4.69) is 21.2 Å². The van der Waals surface area contributed by atoms with E-state index in [1.165, 1.54) is 6.07 Å². The molecule has 2 rings (SSSR count). The van der Waals surface area contributed by atoms with Crippen molar-refractivity contribution in [3.8, 4) is 0 Å². The second kappa shape index (κ2) is 5.76. The van der Waals surface area contributed by atoms with Crippen molar-refractivity contribution < 1.29 is 13.6 Å². The minimum Gasteiger partial charge on any atom is -0.397 e. The third kappa shape index (κ3) is 2.91. The summed E-state index contributed by atoms with van der Waals surface area (Å²) in [7, 11) is 0. The molecular formula is C13H8BrClF2N2O. The van der Waals surface area contributed by atoms with Crippen LogP contribution in [0.5, 0.6) is 0 Å². The highest BCUT2D eigenvalue weighted by molar-refractivity contribution is 9.10. The Bertz CT molecular complexity index is 671. The zero-order valence-electron chi connectivity index (χ0n) is 9.88. The number of hydrogen-bond acceptors (Lipinski definition) is 2. The van der Waals surface area contributed by atoms with Crippen LogP contribution in [-0.4, -0.2) is 5.91 Å². The van der Waals surface area contributed by atoms with Crippen LogP contribution in [0.3, 0.4) is 0 Å². The number of amides is 1. The first kappa shape index (κ1) is 14.7. The fourth-order valence-corrected chi connectivity index (χ4v) is 2.16. The summed E-state index contributed by atoms with van der Waals surface area (Å²) in [6, 6.07) is 6.29. The predicted molar refractivity (Wildman–Crippen MR) is 77.9 cm³/mol. The first-order chi connectivity index (χ1) is 9.40. The molecule has 0 radical (unpaired) electrons. The lowest BCUT2D eigenvalue weighted by atomic mass is 10.2. The monoisotopic (exact) mass is 360 g/mol. The number of hydrogen-bond donors (Lipinski definition) is 2. The number of rotatable bonds is 2. The van der Waals surface area contributed by atoms with Crippen molar-refractivity contribution in [2.75, 3.05) is 11.1 Å². The van der Waals surface area contributed by atoms with Crippen molar-refractivity contribution in [2.24, 2.45) is 0 Å². The van der Waals surface area contributed by atoms with Gasteiger partial charge in [0.1, 0.15) is 11.5 Å². The van der Waals surface area contributed by atoms with Crippen molar-refractivity contribution in [3.63, 3.8) is 0 Å². The summed E-state index contributed by atoms with van der Waals surface area (Å²) in [4.78, 5) is 12.0. The summed E-state index contributed by atoms with van der Waals surface area (Å²) in [5, 5.41) is 2.47. The molecule has 0 fully saturated rings. The molecule has 0 aliphatic carbocycles. The molecule has 0 saturated carbocycles. The van der Waals surface area contributed by atoms with Gasteiger partial charge in [0.25, 0.3) is 5.91 Å². The number of nitrogen functional groups attached to an aromatic ring is 1. The van der Waals surface area contributed by atoms with Crippen LogP contribution < -0.4 is 11.1 Å². The summed E-state index contributed by atoms with van der Waals surface area (Å²) in [6.07, 6.45) is 0. The number of benzene rings is 2. The zero-order valence-corrected chi connectivity index (χ0v) is 12.2.